The third-order valence-corrected chi connectivity index (χ3v) is 4.92. The smallest absolute Gasteiger partial charge is 0.226 e. The lowest BCUT2D eigenvalue weighted by Crippen LogP contribution is -2.34. The zero-order valence-corrected chi connectivity index (χ0v) is 18.8. The summed E-state index contributed by atoms with van der Waals surface area (Å²) in [4.78, 5) is 38.0. The van der Waals surface area contributed by atoms with Crippen molar-refractivity contribution in [2.75, 3.05) is 25.0 Å². The Morgan fingerprint density at radius 2 is 1.50 bits per heavy atom. The lowest BCUT2D eigenvalue weighted by molar-refractivity contribution is -0.132. The van der Waals surface area contributed by atoms with E-state index in [0.29, 0.717) is 32.4 Å². The Labute approximate surface area is 181 Å². The highest BCUT2D eigenvalue weighted by atomic mass is 16.2. The molecule has 0 radical (unpaired) electrons. The summed E-state index contributed by atoms with van der Waals surface area (Å²) in [6, 6.07) is 9.37. The van der Waals surface area contributed by atoms with Crippen LogP contribution in [-0.2, 0) is 14.4 Å². The summed E-state index contributed by atoms with van der Waals surface area (Å²) in [6.07, 6.45) is 8.08. The molecule has 0 aromatic heterocycles. The van der Waals surface area contributed by atoms with E-state index in [2.05, 4.69) is 17.6 Å². The number of anilines is 1. The summed E-state index contributed by atoms with van der Waals surface area (Å²) in [5.74, 6) is 0.187. The summed E-state index contributed by atoms with van der Waals surface area (Å²) in [5.41, 5.74) is 0.775. The van der Waals surface area contributed by atoms with Crippen molar-refractivity contribution in [2.24, 2.45) is 0 Å². The maximum atomic E-state index is 12.5. The quantitative estimate of drug-likeness (QED) is 0.388. The predicted octanol–water partition coefficient (Wildman–Crippen LogP) is 4.51. The van der Waals surface area contributed by atoms with Crippen molar-refractivity contribution >= 4 is 23.4 Å². The summed E-state index contributed by atoms with van der Waals surface area (Å²) in [7, 11) is 0. The predicted molar refractivity (Wildman–Crippen MR) is 122 cm³/mol. The number of rotatable bonds is 16. The number of nitrogens with zero attached hydrogens (tertiary/aromatic N) is 1. The number of carbonyl (C=O) groups excluding carboxylic acids is 3. The molecule has 0 fully saturated rings. The molecule has 0 atom stereocenters. The Balaban J connectivity index is 2.32. The van der Waals surface area contributed by atoms with Crippen LogP contribution in [0.2, 0.25) is 0 Å². The SMILES string of the molecule is CCCCC(=O)N(CCCCCCNC(=O)CCC)CCC(=O)Nc1ccccc1. The van der Waals surface area contributed by atoms with E-state index < -0.39 is 0 Å². The largest absolute Gasteiger partial charge is 0.356 e. The van der Waals surface area contributed by atoms with Gasteiger partial charge in [-0.05, 0) is 37.8 Å². The topological polar surface area (TPSA) is 78.5 Å². The van der Waals surface area contributed by atoms with Gasteiger partial charge in [-0.2, -0.15) is 0 Å². The molecule has 0 aliphatic rings. The van der Waals surface area contributed by atoms with Gasteiger partial charge in [-0.3, -0.25) is 14.4 Å². The molecule has 1 aromatic carbocycles. The second kappa shape index (κ2) is 16.4. The van der Waals surface area contributed by atoms with Crippen molar-refractivity contribution < 1.29 is 14.4 Å². The molecule has 1 rings (SSSR count). The number of hydrogen-bond donors (Lipinski definition) is 2. The highest BCUT2D eigenvalue weighted by Crippen LogP contribution is 2.09. The van der Waals surface area contributed by atoms with Gasteiger partial charge in [-0.15, -0.1) is 0 Å². The van der Waals surface area contributed by atoms with E-state index in [9.17, 15) is 14.4 Å². The Morgan fingerprint density at radius 1 is 0.767 bits per heavy atom. The van der Waals surface area contributed by atoms with Gasteiger partial charge in [-0.25, -0.2) is 0 Å². The van der Waals surface area contributed by atoms with Crippen LogP contribution in [0.4, 0.5) is 5.69 Å². The Bertz CT molecular complexity index is 619. The van der Waals surface area contributed by atoms with Crippen molar-refractivity contribution in [3.8, 4) is 0 Å². The van der Waals surface area contributed by atoms with Crippen LogP contribution < -0.4 is 10.6 Å². The van der Waals surface area contributed by atoms with Gasteiger partial charge in [0.2, 0.25) is 17.7 Å². The normalized spacial score (nSPS) is 10.5. The third kappa shape index (κ3) is 12.2. The van der Waals surface area contributed by atoms with Crippen molar-refractivity contribution in [1.82, 2.24) is 10.2 Å². The van der Waals surface area contributed by atoms with Crippen molar-refractivity contribution in [3.63, 3.8) is 0 Å². The van der Waals surface area contributed by atoms with Gasteiger partial charge >= 0.3 is 0 Å². The number of amides is 3. The fourth-order valence-electron chi connectivity index (χ4n) is 3.15. The van der Waals surface area contributed by atoms with E-state index in [-0.39, 0.29) is 17.7 Å². The molecule has 0 bridgehead atoms. The molecule has 0 heterocycles. The fourth-order valence-corrected chi connectivity index (χ4v) is 3.15. The molecule has 0 aliphatic heterocycles. The highest BCUT2D eigenvalue weighted by Gasteiger charge is 2.14. The zero-order chi connectivity index (χ0) is 22.0. The van der Waals surface area contributed by atoms with Crippen LogP contribution in [0.3, 0.4) is 0 Å². The summed E-state index contributed by atoms with van der Waals surface area (Å²) in [6.45, 7) is 5.93. The van der Waals surface area contributed by atoms with Gasteiger partial charge in [0.25, 0.3) is 0 Å². The van der Waals surface area contributed by atoms with Gasteiger partial charge in [-0.1, -0.05) is 51.3 Å². The Hall–Kier alpha value is -2.37. The minimum atomic E-state index is -0.0719. The zero-order valence-electron chi connectivity index (χ0n) is 18.8. The molecule has 0 saturated heterocycles. The second-order valence-electron chi connectivity index (χ2n) is 7.66. The van der Waals surface area contributed by atoms with Gasteiger partial charge in [0.05, 0.1) is 0 Å². The summed E-state index contributed by atoms with van der Waals surface area (Å²) >= 11 is 0. The average molecular weight is 418 g/mol. The fraction of sp³-hybridized carbons (Fsp3) is 0.625. The van der Waals surface area contributed by atoms with Gasteiger partial charge < -0.3 is 15.5 Å². The molecule has 6 nitrogen and oxygen atoms in total. The lowest BCUT2D eigenvalue weighted by atomic mass is 10.1. The van der Waals surface area contributed by atoms with Crippen LogP contribution in [0.25, 0.3) is 0 Å². The van der Waals surface area contributed by atoms with E-state index in [1.807, 2.05) is 42.2 Å². The maximum Gasteiger partial charge on any atom is 0.226 e. The van der Waals surface area contributed by atoms with E-state index >= 15 is 0 Å². The minimum Gasteiger partial charge on any atom is -0.356 e. The molecule has 1 aromatic rings. The van der Waals surface area contributed by atoms with Crippen LogP contribution in [0, 0.1) is 0 Å². The van der Waals surface area contributed by atoms with Crippen LogP contribution >= 0.6 is 0 Å². The first-order chi connectivity index (χ1) is 14.6. The third-order valence-electron chi connectivity index (χ3n) is 4.92. The number of hydrogen-bond acceptors (Lipinski definition) is 3. The first-order valence-electron chi connectivity index (χ1n) is 11.5. The van der Waals surface area contributed by atoms with E-state index in [0.717, 1.165) is 57.2 Å². The summed E-state index contributed by atoms with van der Waals surface area (Å²) < 4.78 is 0. The minimum absolute atomic E-state index is 0.0719. The van der Waals surface area contributed by atoms with Crippen molar-refractivity contribution in [1.29, 1.82) is 0 Å². The van der Waals surface area contributed by atoms with Gasteiger partial charge in [0.1, 0.15) is 0 Å². The molecule has 6 heteroatoms. The Kier molecular flexibility index (Phi) is 14.1. The molecular formula is C24H39N3O3. The molecule has 3 amide bonds. The molecule has 30 heavy (non-hydrogen) atoms. The molecule has 2 N–H and O–H groups in total. The molecule has 0 saturated carbocycles. The van der Waals surface area contributed by atoms with E-state index in [4.69, 9.17) is 0 Å². The molecule has 0 unspecified atom stereocenters. The van der Waals surface area contributed by atoms with Crippen LogP contribution in [0.1, 0.15) is 78.1 Å². The van der Waals surface area contributed by atoms with E-state index in [1.54, 1.807) is 0 Å². The number of benzene rings is 1. The number of carbonyl (C=O) groups is 3. The first kappa shape index (κ1) is 25.7. The van der Waals surface area contributed by atoms with Gasteiger partial charge in [0, 0.05) is 44.6 Å². The lowest BCUT2D eigenvalue weighted by Gasteiger charge is -2.22. The van der Waals surface area contributed by atoms with E-state index in [1.165, 1.54) is 0 Å². The maximum absolute atomic E-state index is 12.5. The average Bonchev–Trinajstić information content (AvgIpc) is 2.74. The number of para-hydroxylation sites is 1. The standard InChI is InChI=1S/C24H39N3O3/c1-3-5-16-24(30)27(19-12-7-6-11-18-25-22(28)13-4-2)20-17-23(29)26-21-14-9-8-10-15-21/h8-10,14-15H,3-7,11-13,16-20H2,1-2H3,(H,25,28)(H,26,29). The highest BCUT2D eigenvalue weighted by molar-refractivity contribution is 5.91. The van der Waals surface area contributed by atoms with Crippen LogP contribution in [0.15, 0.2) is 30.3 Å². The number of nitrogens with one attached hydrogen (secondary N) is 2. The monoisotopic (exact) mass is 417 g/mol. The summed E-state index contributed by atoms with van der Waals surface area (Å²) in [5, 5.41) is 5.81. The van der Waals surface area contributed by atoms with Crippen LogP contribution in [0.5, 0.6) is 0 Å². The van der Waals surface area contributed by atoms with Crippen LogP contribution in [-0.4, -0.2) is 42.3 Å². The Morgan fingerprint density at radius 3 is 2.20 bits per heavy atom. The number of unbranched alkanes of at least 4 members (excludes halogenated alkanes) is 4. The second-order valence-corrected chi connectivity index (χ2v) is 7.66. The molecule has 168 valence electrons. The molecular weight excluding hydrogens is 378 g/mol. The molecule has 0 aliphatic carbocycles. The first-order valence-corrected chi connectivity index (χ1v) is 11.5. The van der Waals surface area contributed by atoms with Gasteiger partial charge in [0.15, 0.2) is 0 Å². The van der Waals surface area contributed by atoms with Crippen molar-refractivity contribution in [3.05, 3.63) is 30.3 Å². The molecule has 0 spiro atoms. The van der Waals surface area contributed by atoms with Crippen molar-refractivity contribution in [2.45, 2.75) is 78.1 Å².